The molecule has 20 nitrogen and oxygen atoms in total. The summed E-state index contributed by atoms with van der Waals surface area (Å²) < 4.78 is 48.5. The number of carboxylic acid groups (broad SMARTS) is 2. The van der Waals surface area contributed by atoms with Gasteiger partial charge in [0.2, 0.25) is 24.0 Å². The number of aliphatic hydroxyl groups excluding tert-OH is 3. The molecule has 1 fully saturated rings. The molecule has 2 rings (SSSR count). The van der Waals surface area contributed by atoms with Crippen LogP contribution >= 0.6 is 0 Å². The number of rotatable bonds is 25. The molecule has 7 atom stereocenters. The lowest BCUT2D eigenvalue weighted by Crippen LogP contribution is -2.61. The van der Waals surface area contributed by atoms with Crippen LogP contribution in [-0.2, 0) is 61.4 Å². The summed E-state index contributed by atoms with van der Waals surface area (Å²) in [5.74, 6) is -6.80. The van der Waals surface area contributed by atoms with Crippen LogP contribution in [0.5, 0.6) is 5.75 Å². The minimum atomic E-state index is -4.67. The summed E-state index contributed by atoms with van der Waals surface area (Å²) in [5, 5.41) is 56.3. The number of carbonyl (C=O) groups is 6. The number of esters is 1. The van der Waals surface area contributed by atoms with Crippen molar-refractivity contribution < 1.29 is 81.5 Å². The van der Waals surface area contributed by atoms with Crippen LogP contribution in [0.15, 0.2) is 18.2 Å². The first kappa shape index (κ1) is 47.7. The molecule has 0 spiro atoms. The number of nitrogens with one attached hydrogen (secondary N) is 3. The number of carboxylic acids is 2. The van der Waals surface area contributed by atoms with Crippen molar-refractivity contribution in [3.8, 4) is 5.75 Å². The Balaban J connectivity index is 1.90. The predicted octanol–water partition coefficient (Wildman–Crippen LogP) is -0.600. The number of aryl methyl sites for hydroxylation is 1. The van der Waals surface area contributed by atoms with Crippen LogP contribution in [0, 0.1) is 5.92 Å². The first-order valence-electron chi connectivity index (χ1n) is 18.2. The fraction of sp³-hybridized carbons (Fsp3) is 0.657. The van der Waals surface area contributed by atoms with E-state index in [1.165, 1.54) is 19.1 Å². The summed E-state index contributed by atoms with van der Waals surface area (Å²) in [6.07, 6.45) is -5.96. The molecule has 316 valence electrons. The van der Waals surface area contributed by atoms with Crippen molar-refractivity contribution in [2.24, 2.45) is 5.92 Å². The Hall–Kier alpha value is -4.41. The lowest BCUT2D eigenvalue weighted by atomic mass is 9.99. The van der Waals surface area contributed by atoms with Crippen molar-refractivity contribution in [1.82, 2.24) is 16.0 Å². The Kier molecular flexibility index (Phi) is 20.1. The molecular weight excluding hydrogens is 766 g/mol. The van der Waals surface area contributed by atoms with Crippen molar-refractivity contribution in [1.29, 1.82) is 0 Å². The maximum Gasteiger partial charge on any atom is 0.335 e. The third-order valence-electron chi connectivity index (χ3n) is 8.70. The van der Waals surface area contributed by atoms with E-state index in [9.17, 15) is 67.3 Å². The number of benzene rings is 1. The van der Waals surface area contributed by atoms with Gasteiger partial charge in [0, 0.05) is 32.9 Å². The van der Waals surface area contributed by atoms with Crippen LogP contribution in [0.2, 0.25) is 0 Å². The van der Waals surface area contributed by atoms with E-state index in [1.807, 2.05) is 6.92 Å². The SMILES string of the molecule is CCCC(CC(=O)NCCCCCC(=O)N[C@@H](CS(=O)(=O)O)C(=O)NCCCCc1cc(O[C@@H]2O[C@H](C(=O)O)[C@@H](O)[C@H](O)[C@H]2O)ccc1COC(C)=O)C(=O)O. The van der Waals surface area contributed by atoms with E-state index in [2.05, 4.69) is 16.0 Å². The van der Waals surface area contributed by atoms with Crippen molar-refractivity contribution in [3.05, 3.63) is 29.3 Å². The highest BCUT2D eigenvalue weighted by Gasteiger charge is 2.48. The fourth-order valence-electron chi connectivity index (χ4n) is 5.72. The molecule has 1 aromatic carbocycles. The van der Waals surface area contributed by atoms with Gasteiger partial charge >= 0.3 is 17.9 Å². The molecule has 0 aliphatic carbocycles. The Morgan fingerprint density at radius 2 is 1.55 bits per heavy atom. The molecule has 0 aromatic heterocycles. The maximum atomic E-state index is 12.9. The van der Waals surface area contributed by atoms with Crippen LogP contribution < -0.4 is 20.7 Å². The Morgan fingerprint density at radius 1 is 0.875 bits per heavy atom. The van der Waals surface area contributed by atoms with Crippen LogP contribution in [0.4, 0.5) is 0 Å². The fourth-order valence-corrected chi connectivity index (χ4v) is 6.38. The molecule has 1 aromatic rings. The number of ether oxygens (including phenoxy) is 3. The van der Waals surface area contributed by atoms with Crippen molar-refractivity contribution >= 4 is 45.7 Å². The summed E-state index contributed by atoms with van der Waals surface area (Å²) >= 11 is 0. The van der Waals surface area contributed by atoms with E-state index in [1.54, 1.807) is 6.07 Å². The van der Waals surface area contributed by atoms with Gasteiger partial charge in [0.25, 0.3) is 10.1 Å². The van der Waals surface area contributed by atoms with E-state index in [0.29, 0.717) is 62.5 Å². The first-order chi connectivity index (χ1) is 26.3. The van der Waals surface area contributed by atoms with Crippen molar-refractivity contribution in [2.75, 3.05) is 18.8 Å². The normalized spacial score (nSPS) is 20.6. The van der Waals surface area contributed by atoms with Gasteiger partial charge in [0.05, 0.1) is 5.92 Å². The third-order valence-corrected chi connectivity index (χ3v) is 9.45. The molecule has 9 N–H and O–H groups in total. The van der Waals surface area contributed by atoms with E-state index < -0.39 is 88.3 Å². The maximum absolute atomic E-state index is 12.9. The van der Waals surface area contributed by atoms with Crippen LogP contribution in [0.1, 0.15) is 82.8 Å². The highest BCUT2D eigenvalue weighted by atomic mass is 32.2. The van der Waals surface area contributed by atoms with E-state index in [4.69, 9.17) is 14.2 Å². The molecule has 1 aliphatic heterocycles. The van der Waals surface area contributed by atoms with Crippen LogP contribution in [0.3, 0.4) is 0 Å². The van der Waals surface area contributed by atoms with Gasteiger partial charge in [-0.25, -0.2) is 4.79 Å². The van der Waals surface area contributed by atoms with Gasteiger partial charge in [-0.3, -0.25) is 28.5 Å². The molecule has 21 heteroatoms. The number of hydrogen-bond acceptors (Lipinski definition) is 14. The predicted molar refractivity (Wildman–Crippen MR) is 193 cm³/mol. The van der Waals surface area contributed by atoms with Gasteiger partial charge in [0.15, 0.2) is 6.10 Å². The molecule has 0 saturated carbocycles. The molecule has 3 amide bonds. The minimum absolute atomic E-state index is 0.0302. The second-order valence-corrected chi connectivity index (χ2v) is 14.9. The molecule has 1 aliphatic rings. The summed E-state index contributed by atoms with van der Waals surface area (Å²) in [6.45, 7) is 3.23. The van der Waals surface area contributed by atoms with Crippen molar-refractivity contribution in [2.45, 2.75) is 121 Å². The molecular formula is C35H53N3O17S. The van der Waals surface area contributed by atoms with Gasteiger partial charge < -0.3 is 55.7 Å². The van der Waals surface area contributed by atoms with Crippen LogP contribution in [0.25, 0.3) is 0 Å². The van der Waals surface area contributed by atoms with E-state index >= 15 is 0 Å². The van der Waals surface area contributed by atoms with Crippen LogP contribution in [-0.4, -0.2) is 130 Å². The number of amides is 3. The lowest BCUT2D eigenvalue weighted by molar-refractivity contribution is -0.271. The number of hydrogen-bond donors (Lipinski definition) is 9. The Labute approximate surface area is 324 Å². The van der Waals surface area contributed by atoms with Crippen molar-refractivity contribution in [3.63, 3.8) is 0 Å². The Bertz CT molecular complexity index is 1610. The third kappa shape index (κ3) is 17.2. The largest absolute Gasteiger partial charge is 0.481 e. The first-order valence-corrected chi connectivity index (χ1v) is 19.8. The molecule has 56 heavy (non-hydrogen) atoms. The Morgan fingerprint density at radius 3 is 2.18 bits per heavy atom. The van der Waals surface area contributed by atoms with E-state index in [-0.39, 0.29) is 44.2 Å². The molecule has 1 heterocycles. The summed E-state index contributed by atoms with van der Waals surface area (Å²) in [5.41, 5.74) is 1.16. The zero-order valence-corrected chi connectivity index (χ0v) is 32.1. The number of aliphatic hydroxyl groups is 3. The lowest BCUT2D eigenvalue weighted by Gasteiger charge is -2.38. The van der Waals surface area contributed by atoms with Gasteiger partial charge in [-0.15, -0.1) is 0 Å². The zero-order chi connectivity index (χ0) is 42.0. The number of unbranched alkanes of at least 4 members (excludes halogenated alkanes) is 3. The molecule has 0 radical (unpaired) electrons. The standard InChI is InChI=1S/C35H53N3O17S/c1-3-9-22(33(46)47)17-27(41)36-14-7-4-5-11-26(40)38-25(19-56(50,51)52)32(45)37-15-8-6-10-21-16-24(13-12-23(21)18-53-20(2)39)54-35-30(44)28(42)29(43)31(55-35)34(48)49/h12-13,16,22,25,28-31,35,42-44H,3-11,14-15,17-19H2,1-2H3,(H,36,41)(H,37,45)(H,38,40)(H,46,47)(H,48,49)(H,50,51,52)/t22?,25-,28-,29-,30+,31-,35+/m0/s1. The quantitative estimate of drug-likeness (QED) is 0.0338. The molecule has 1 unspecified atom stereocenters. The summed E-state index contributed by atoms with van der Waals surface area (Å²) in [6, 6.07) is 2.91. The monoisotopic (exact) mass is 819 g/mol. The summed E-state index contributed by atoms with van der Waals surface area (Å²) in [4.78, 5) is 71.5. The average Bonchev–Trinajstić information content (AvgIpc) is 3.11. The topological polar surface area (TPSA) is 322 Å². The van der Waals surface area contributed by atoms with Gasteiger partial charge in [-0.2, -0.15) is 8.42 Å². The number of aliphatic carboxylic acids is 2. The highest BCUT2D eigenvalue weighted by molar-refractivity contribution is 7.85. The average molecular weight is 820 g/mol. The second-order valence-electron chi connectivity index (χ2n) is 13.4. The van der Waals surface area contributed by atoms with Gasteiger partial charge in [-0.05, 0) is 61.8 Å². The summed E-state index contributed by atoms with van der Waals surface area (Å²) in [7, 11) is -4.67. The number of carbonyl (C=O) groups excluding carboxylic acids is 4. The molecule has 1 saturated heterocycles. The minimum Gasteiger partial charge on any atom is -0.481 e. The second kappa shape index (κ2) is 23.6. The van der Waals surface area contributed by atoms with E-state index in [0.717, 1.165) is 0 Å². The van der Waals surface area contributed by atoms with Gasteiger partial charge in [0.1, 0.15) is 42.5 Å². The van der Waals surface area contributed by atoms with Gasteiger partial charge in [-0.1, -0.05) is 25.8 Å². The smallest absolute Gasteiger partial charge is 0.335 e. The molecule has 0 bridgehead atoms. The zero-order valence-electron chi connectivity index (χ0n) is 31.3. The highest BCUT2D eigenvalue weighted by Crippen LogP contribution is 2.27.